The van der Waals surface area contributed by atoms with E-state index in [1.54, 1.807) is 6.21 Å². The molecule has 1 aromatic heterocycles. The van der Waals surface area contributed by atoms with Crippen molar-refractivity contribution in [3.05, 3.63) is 71.2 Å². The van der Waals surface area contributed by atoms with Crippen LogP contribution in [0.5, 0.6) is 5.75 Å². The minimum Gasteiger partial charge on any atom is -0.486 e. The normalized spacial score (nSPS) is 10.8. The second-order valence-electron chi connectivity index (χ2n) is 5.06. The number of carbonyl (C=O) groups excluding carboxylic acids is 1. The lowest BCUT2D eigenvalue weighted by Crippen LogP contribution is -2.19. The first-order chi connectivity index (χ1) is 12.8. The lowest BCUT2D eigenvalue weighted by Gasteiger charge is -2.01. The van der Waals surface area contributed by atoms with E-state index in [0.717, 1.165) is 20.7 Å². The van der Waals surface area contributed by atoms with E-state index in [0.29, 0.717) is 6.61 Å². The van der Waals surface area contributed by atoms with Crippen molar-refractivity contribution in [3.63, 3.8) is 0 Å². The Kier molecular flexibility index (Phi) is 6.74. The van der Waals surface area contributed by atoms with Crippen LogP contribution in [0.4, 0.5) is 0 Å². The summed E-state index contributed by atoms with van der Waals surface area (Å²) in [4.78, 5) is 11.8. The minimum atomic E-state index is -0.195. The van der Waals surface area contributed by atoms with Crippen molar-refractivity contribution in [1.29, 1.82) is 0 Å². The molecule has 0 saturated carbocycles. The number of hydrazone groups is 1. The fraction of sp³-hybridized carbons (Fsp3) is 0.111. The fourth-order valence-electron chi connectivity index (χ4n) is 1.89. The predicted octanol–water partition coefficient (Wildman–Crippen LogP) is 3.36. The molecular formula is C18H16N4O2S2. The molecule has 132 valence electrons. The first-order valence-corrected chi connectivity index (χ1v) is 9.60. The van der Waals surface area contributed by atoms with Gasteiger partial charge >= 0.3 is 0 Å². The molecule has 0 bridgehead atoms. The van der Waals surface area contributed by atoms with Crippen LogP contribution in [0.15, 0.2) is 70.1 Å². The second kappa shape index (κ2) is 9.69. The zero-order valence-corrected chi connectivity index (χ0v) is 15.4. The van der Waals surface area contributed by atoms with Crippen LogP contribution in [0.2, 0.25) is 0 Å². The maximum Gasteiger partial charge on any atom is 0.250 e. The molecule has 1 N–H and O–H groups in total. The van der Waals surface area contributed by atoms with Gasteiger partial charge in [-0.05, 0) is 17.7 Å². The number of nitrogens with one attached hydrogen (secondary N) is 1. The number of carbonyl (C=O) groups is 1. The predicted molar refractivity (Wildman–Crippen MR) is 104 cm³/mol. The Labute approximate surface area is 159 Å². The van der Waals surface area contributed by atoms with Gasteiger partial charge in [0, 0.05) is 0 Å². The Morgan fingerprint density at radius 2 is 1.85 bits per heavy atom. The number of nitrogens with zero attached hydrogens (tertiary/aromatic N) is 3. The van der Waals surface area contributed by atoms with Crippen LogP contribution in [0.1, 0.15) is 10.6 Å². The molecule has 0 aliphatic rings. The van der Waals surface area contributed by atoms with Crippen molar-refractivity contribution in [3.8, 4) is 5.75 Å². The number of rotatable bonds is 8. The van der Waals surface area contributed by atoms with Gasteiger partial charge in [-0.1, -0.05) is 71.6 Å². The van der Waals surface area contributed by atoms with Crippen molar-refractivity contribution in [2.24, 2.45) is 5.10 Å². The molecular weight excluding hydrogens is 368 g/mol. The molecule has 0 aliphatic heterocycles. The van der Waals surface area contributed by atoms with Gasteiger partial charge in [0.15, 0.2) is 9.35 Å². The molecule has 1 amide bonds. The van der Waals surface area contributed by atoms with Crippen molar-refractivity contribution < 1.29 is 9.53 Å². The van der Waals surface area contributed by atoms with E-state index in [2.05, 4.69) is 20.7 Å². The number of hydrogen-bond acceptors (Lipinski definition) is 7. The molecule has 8 heteroatoms. The average Bonchev–Trinajstić information content (AvgIpc) is 3.14. The lowest BCUT2D eigenvalue weighted by atomic mass is 10.2. The summed E-state index contributed by atoms with van der Waals surface area (Å²) < 4.78 is 6.35. The smallest absolute Gasteiger partial charge is 0.250 e. The number of aromatic nitrogens is 2. The zero-order chi connectivity index (χ0) is 18.0. The van der Waals surface area contributed by atoms with Gasteiger partial charge in [0.25, 0.3) is 5.91 Å². The molecule has 0 spiro atoms. The summed E-state index contributed by atoms with van der Waals surface area (Å²) in [5.41, 5.74) is 3.42. The summed E-state index contributed by atoms with van der Waals surface area (Å²) in [6.07, 6.45) is 1.60. The first-order valence-electron chi connectivity index (χ1n) is 7.79. The summed E-state index contributed by atoms with van der Waals surface area (Å²) in [5, 5.41) is 12.8. The van der Waals surface area contributed by atoms with E-state index in [-0.39, 0.29) is 11.7 Å². The van der Waals surface area contributed by atoms with Crippen molar-refractivity contribution in [2.75, 3.05) is 5.75 Å². The first kappa shape index (κ1) is 18.1. The van der Waals surface area contributed by atoms with Gasteiger partial charge in [-0.2, -0.15) is 5.10 Å². The number of thioether (sulfide) groups is 1. The van der Waals surface area contributed by atoms with Crippen molar-refractivity contribution in [1.82, 2.24) is 15.6 Å². The molecule has 3 aromatic rings. The number of para-hydroxylation sites is 1. The van der Waals surface area contributed by atoms with E-state index < -0.39 is 0 Å². The van der Waals surface area contributed by atoms with E-state index in [9.17, 15) is 4.79 Å². The third-order valence-electron chi connectivity index (χ3n) is 3.08. The Balaban J connectivity index is 1.40. The number of amides is 1. The fourth-order valence-corrected chi connectivity index (χ4v) is 3.50. The highest BCUT2D eigenvalue weighted by Crippen LogP contribution is 2.23. The summed E-state index contributed by atoms with van der Waals surface area (Å²) in [6.45, 7) is 0.357. The number of hydrogen-bond donors (Lipinski definition) is 1. The second-order valence-corrected chi connectivity index (χ2v) is 7.34. The summed E-state index contributed by atoms with van der Waals surface area (Å²) >= 11 is 2.73. The van der Waals surface area contributed by atoms with Gasteiger partial charge in [0.1, 0.15) is 12.4 Å². The van der Waals surface area contributed by atoms with E-state index >= 15 is 0 Å². The van der Waals surface area contributed by atoms with Crippen LogP contribution >= 0.6 is 23.1 Å². The monoisotopic (exact) mass is 384 g/mol. The van der Waals surface area contributed by atoms with Crippen LogP contribution in [0.3, 0.4) is 0 Å². The Morgan fingerprint density at radius 1 is 1.12 bits per heavy atom. The molecule has 3 rings (SSSR count). The Bertz CT molecular complexity index is 854. The van der Waals surface area contributed by atoms with Crippen LogP contribution in [0.25, 0.3) is 0 Å². The van der Waals surface area contributed by atoms with Crippen molar-refractivity contribution >= 4 is 35.2 Å². The average molecular weight is 384 g/mol. The van der Waals surface area contributed by atoms with Gasteiger partial charge in [-0.15, -0.1) is 10.2 Å². The maximum absolute atomic E-state index is 11.8. The Hall–Kier alpha value is -2.71. The van der Waals surface area contributed by atoms with Crippen molar-refractivity contribution in [2.45, 2.75) is 10.9 Å². The summed E-state index contributed by atoms with van der Waals surface area (Å²) in [5.74, 6) is 0.812. The van der Waals surface area contributed by atoms with Gasteiger partial charge < -0.3 is 4.74 Å². The largest absolute Gasteiger partial charge is 0.486 e. The highest BCUT2D eigenvalue weighted by molar-refractivity contribution is 8.01. The zero-order valence-electron chi connectivity index (χ0n) is 13.7. The molecule has 0 fully saturated rings. The molecule has 0 radical (unpaired) electrons. The van der Waals surface area contributed by atoms with Crippen LogP contribution in [0, 0.1) is 0 Å². The van der Waals surface area contributed by atoms with Gasteiger partial charge in [0.2, 0.25) is 0 Å². The molecule has 6 nitrogen and oxygen atoms in total. The van der Waals surface area contributed by atoms with Crippen LogP contribution in [-0.4, -0.2) is 28.1 Å². The summed E-state index contributed by atoms with van der Waals surface area (Å²) in [6, 6.07) is 19.1. The minimum absolute atomic E-state index is 0.195. The molecule has 0 aliphatic carbocycles. The molecule has 0 atom stereocenters. The van der Waals surface area contributed by atoms with Gasteiger partial charge in [0.05, 0.1) is 12.0 Å². The molecule has 1 heterocycles. The SMILES string of the molecule is O=C(CSc1nnc(COc2ccccc2)s1)N/N=C/c1ccccc1. The molecule has 26 heavy (non-hydrogen) atoms. The number of benzene rings is 2. The summed E-state index contributed by atoms with van der Waals surface area (Å²) in [7, 11) is 0. The van der Waals surface area contributed by atoms with E-state index in [4.69, 9.17) is 4.74 Å². The van der Waals surface area contributed by atoms with E-state index in [1.165, 1.54) is 23.1 Å². The van der Waals surface area contributed by atoms with Gasteiger partial charge in [-0.3, -0.25) is 4.79 Å². The third-order valence-corrected chi connectivity index (χ3v) is 5.11. The van der Waals surface area contributed by atoms with Gasteiger partial charge in [-0.25, -0.2) is 5.43 Å². The highest BCUT2D eigenvalue weighted by Gasteiger charge is 2.08. The number of ether oxygens (including phenoxy) is 1. The quantitative estimate of drug-likeness (QED) is 0.366. The topological polar surface area (TPSA) is 76.5 Å². The molecule has 0 unspecified atom stereocenters. The lowest BCUT2D eigenvalue weighted by molar-refractivity contribution is -0.118. The Morgan fingerprint density at radius 3 is 2.62 bits per heavy atom. The van der Waals surface area contributed by atoms with Crippen LogP contribution in [-0.2, 0) is 11.4 Å². The molecule has 2 aromatic carbocycles. The highest BCUT2D eigenvalue weighted by atomic mass is 32.2. The standard InChI is InChI=1S/C18H16N4O2S2/c23-16(20-19-11-14-7-3-1-4-8-14)13-25-18-22-21-17(26-18)12-24-15-9-5-2-6-10-15/h1-11H,12-13H2,(H,20,23)/b19-11+. The third kappa shape index (κ3) is 5.98. The molecule has 0 saturated heterocycles. The van der Waals surface area contributed by atoms with E-state index in [1.807, 2.05) is 60.7 Å². The maximum atomic E-state index is 11.8. The van der Waals surface area contributed by atoms with Crippen LogP contribution < -0.4 is 10.2 Å².